The maximum Gasteiger partial charge on any atom is 0.419 e. The van der Waals surface area contributed by atoms with Crippen LogP contribution in [0.4, 0.5) is 4.79 Å². The van der Waals surface area contributed by atoms with E-state index in [0.717, 1.165) is 5.56 Å². The van der Waals surface area contributed by atoms with Crippen LogP contribution >= 0.6 is 0 Å². The zero-order valence-corrected chi connectivity index (χ0v) is 21.2. The van der Waals surface area contributed by atoms with E-state index in [-0.39, 0.29) is 11.6 Å². The van der Waals surface area contributed by atoms with Gasteiger partial charge in [-0.05, 0) is 51.3 Å². The van der Waals surface area contributed by atoms with E-state index in [0.29, 0.717) is 39.3 Å². The van der Waals surface area contributed by atoms with Gasteiger partial charge in [0.25, 0.3) is 0 Å². The lowest BCUT2D eigenvalue weighted by molar-refractivity contribution is 0.0545. The Hall–Kier alpha value is -3.95. The van der Waals surface area contributed by atoms with Gasteiger partial charge in [0.05, 0.1) is 30.9 Å². The van der Waals surface area contributed by atoms with Crippen LogP contribution in [0.5, 0.6) is 5.75 Å². The summed E-state index contributed by atoms with van der Waals surface area (Å²) >= 11 is 0. The molecular formula is C25H29N5O5. The lowest BCUT2D eigenvalue weighted by atomic mass is 9.98. The molecule has 0 aliphatic rings. The lowest BCUT2D eigenvalue weighted by Gasteiger charge is -2.21. The maximum absolute atomic E-state index is 13.6. The van der Waals surface area contributed by atoms with Crippen LogP contribution in [-0.4, -0.2) is 56.0 Å². The number of aryl methyl sites for hydroxylation is 1. The van der Waals surface area contributed by atoms with Crippen molar-refractivity contribution in [2.24, 2.45) is 0 Å². The lowest BCUT2D eigenvalue weighted by Crippen LogP contribution is -2.27. The predicted octanol–water partition coefficient (Wildman–Crippen LogP) is 4.76. The number of fused-ring (bicyclic) bond motifs is 2. The van der Waals surface area contributed by atoms with Gasteiger partial charge in [-0.15, -0.1) is 0 Å². The molecule has 0 amide bonds. The van der Waals surface area contributed by atoms with Crippen molar-refractivity contribution in [1.82, 2.24) is 24.1 Å². The van der Waals surface area contributed by atoms with Gasteiger partial charge in [0.2, 0.25) is 0 Å². The number of hydrogen-bond acceptors (Lipinski definition) is 8. The Morgan fingerprint density at radius 3 is 2.43 bits per heavy atom. The average Bonchev–Trinajstić information content (AvgIpc) is 3.38. The van der Waals surface area contributed by atoms with E-state index in [1.54, 1.807) is 36.9 Å². The molecule has 0 saturated heterocycles. The summed E-state index contributed by atoms with van der Waals surface area (Å²) in [5.74, 6) is -0.110. The van der Waals surface area contributed by atoms with E-state index in [4.69, 9.17) is 14.2 Å². The summed E-state index contributed by atoms with van der Waals surface area (Å²) in [6.45, 7) is 11.2. The van der Waals surface area contributed by atoms with Gasteiger partial charge < -0.3 is 14.2 Å². The minimum Gasteiger partial charge on any atom is -0.493 e. The third-order valence-corrected chi connectivity index (χ3v) is 5.53. The van der Waals surface area contributed by atoms with Gasteiger partial charge in [-0.25, -0.2) is 28.6 Å². The number of pyridine rings is 2. The number of hydrogen-bond donors (Lipinski definition) is 0. The second-order valence-corrected chi connectivity index (χ2v) is 9.57. The quantitative estimate of drug-likeness (QED) is 0.386. The number of rotatable bonds is 4. The molecule has 0 atom stereocenters. The largest absolute Gasteiger partial charge is 0.493 e. The van der Waals surface area contributed by atoms with Crippen molar-refractivity contribution in [3.05, 3.63) is 41.5 Å². The third-order valence-electron chi connectivity index (χ3n) is 5.53. The summed E-state index contributed by atoms with van der Waals surface area (Å²) in [6.07, 6.45) is 2.65. The molecule has 0 fully saturated rings. The Bertz CT molecular complexity index is 1460. The highest BCUT2D eigenvalue weighted by atomic mass is 16.6. The fourth-order valence-corrected chi connectivity index (χ4v) is 4.13. The molecule has 0 saturated carbocycles. The van der Waals surface area contributed by atoms with Gasteiger partial charge in [0.1, 0.15) is 11.9 Å². The molecule has 0 bridgehead atoms. The molecule has 35 heavy (non-hydrogen) atoms. The topological polar surface area (TPSA) is 110 Å². The van der Waals surface area contributed by atoms with Crippen molar-refractivity contribution in [2.75, 3.05) is 14.2 Å². The molecule has 0 aliphatic carbocycles. The van der Waals surface area contributed by atoms with Gasteiger partial charge in [-0.3, -0.25) is 0 Å². The first kappa shape index (κ1) is 24.2. The van der Waals surface area contributed by atoms with Crippen molar-refractivity contribution in [2.45, 2.75) is 53.1 Å². The van der Waals surface area contributed by atoms with E-state index >= 15 is 0 Å². The summed E-state index contributed by atoms with van der Waals surface area (Å²) in [5, 5.41) is 4.26. The van der Waals surface area contributed by atoms with Gasteiger partial charge in [0.15, 0.2) is 17.1 Å². The normalized spacial score (nSPS) is 11.9. The smallest absolute Gasteiger partial charge is 0.419 e. The predicted molar refractivity (Wildman–Crippen MR) is 130 cm³/mol. The van der Waals surface area contributed by atoms with E-state index in [1.165, 1.54) is 18.0 Å². The van der Waals surface area contributed by atoms with Crippen LogP contribution in [0.15, 0.2) is 24.7 Å². The molecule has 184 valence electrons. The molecule has 4 heterocycles. The second-order valence-electron chi connectivity index (χ2n) is 9.57. The average molecular weight is 480 g/mol. The van der Waals surface area contributed by atoms with Crippen molar-refractivity contribution in [3.63, 3.8) is 0 Å². The fraction of sp³-hybridized carbons (Fsp3) is 0.400. The van der Waals surface area contributed by atoms with Crippen LogP contribution < -0.4 is 4.74 Å². The molecular weight excluding hydrogens is 450 g/mol. The first-order chi connectivity index (χ1) is 16.5. The molecule has 4 aromatic rings. The van der Waals surface area contributed by atoms with E-state index in [2.05, 4.69) is 15.1 Å². The first-order valence-electron chi connectivity index (χ1n) is 11.2. The summed E-state index contributed by atoms with van der Waals surface area (Å²) in [5.41, 5.74) is 3.65. The van der Waals surface area contributed by atoms with Gasteiger partial charge >= 0.3 is 12.1 Å². The number of ether oxygens (including phenoxy) is 3. The van der Waals surface area contributed by atoms with Gasteiger partial charge in [0, 0.05) is 17.3 Å². The molecule has 0 unspecified atom stereocenters. The van der Waals surface area contributed by atoms with Crippen molar-refractivity contribution in [3.8, 4) is 17.0 Å². The van der Waals surface area contributed by atoms with Crippen LogP contribution in [0, 0.1) is 6.92 Å². The summed E-state index contributed by atoms with van der Waals surface area (Å²) in [6, 6.07) is 3.57. The maximum atomic E-state index is 13.6. The number of methoxy groups -OCH3 is 2. The minimum absolute atomic E-state index is 0.0608. The van der Waals surface area contributed by atoms with Crippen LogP contribution in [0.1, 0.15) is 62.2 Å². The van der Waals surface area contributed by atoms with Crippen LogP contribution in [0.2, 0.25) is 0 Å². The summed E-state index contributed by atoms with van der Waals surface area (Å²) in [4.78, 5) is 35.0. The van der Waals surface area contributed by atoms with Gasteiger partial charge in [-0.1, -0.05) is 13.8 Å². The minimum atomic E-state index is -0.731. The Balaban J connectivity index is 2.15. The molecule has 0 spiro atoms. The molecule has 0 N–H and O–H groups in total. The third kappa shape index (κ3) is 4.20. The highest BCUT2D eigenvalue weighted by Gasteiger charge is 2.30. The molecule has 4 aromatic heterocycles. The molecule has 0 aliphatic heterocycles. The number of aromatic nitrogens is 5. The summed E-state index contributed by atoms with van der Waals surface area (Å²) in [7, 11) is 2.86. The number of carbonyl (C=O) groups is 2. The number of carbonyl (C=O) groups excluding carboxylic acids is 2. The van der Waals surface area contributed by atoms with Crippen LogP contribution in [0.3, 0.4) is 0 Å². The standard InChI is InChI=1S/C25H29N5O5/c1-13(2)18-20-16(9-14(3)19(28-20)23(31)34-8)30(24(32)35-25(4,5)6)21(18)15-10-17(33-7)22-26-12-27-29(22)11-15/h9-13H,1-8H3. The monoisotopic (exact) mass is 479 g/mol. The number of esters is 1. The Morgan fingerprint density at radius 1 is 1.11 bits per heavy atom. The Morgan fingerprint density at radius 2 is 1.83 bits per heavy atom. The van der Waals surface area contributed by atoms with Gasteiger partial charge in [-0.2, -0.15) is 5.10 Å². The van der Waals surface area contributed by atoms with Crippen molar-refractivity contribution < 1.29 is 23.8 Å². The molecule has 10 nitrogen and oxygen atoms in total. The van der Waals surface area contributed by atoms with E-state index < -0.39 is 17.7 Å². The zero-order chi connectivity index (χ0) is 25.7. The fourth-order valence-electron chi connectivity index (χ4n) is 4.13. The van der Waals surface area contributed by atoms with Crippen molar-refractivity contribution >= 4 is 28.7 Å². The zero-order valence-electron chi connectivity index (χ0n) is 21.2. The summed E-state index contributed by atoms with van der Waals surface area (Å²) < 4.78 is 19.4. The number of nitrogens with zero attached hydrogens (tertiary/aromatic N) is 5. The molecule has 0 radical (unpaired) electrons. The highest BCUT2D eigenvalue weighted by molar-refractivity contribution is 6.01. The second kappa shape index (κ2) is 8.68. The molecule has 10 heteroatoms. The first-order valence-corrected chi connectivity index (χ1v) is 11.2. The van der Waals surface area contributed by atoms with E-state index in [9.17, 15) is 9.59 Å². The Kier molecular flexibility index (Phi) is 6.00. The molecule has 0 aromatic carbocycles. The van der Waals surface area contributed by atoms with Crippen LogP contribution in [-0.2, 0) is 9.47 Å². The highest BCUT2D eigenvalue weighted by Crippen LogP contribution is 2.40. The van der Waals surface area contributed by atoms with Crippen LogP contribution in [0.25, 0.3) is 27.9 Å². The Labute approximate surface area is 202 Å². The SMILES string of the molecule is COC(=O)c1nc2c(C(C)C)c(-c3cc(OC)c4ncnn4c3)n(C(=O)OC(C)(C)C)c2cc1C. The van der Waals surface area contributed by atoms with Crippen molar-refractivity contribution in [1.29, 1.82) is 0 Å². The van der Waals surface area contributed by atoms with E-state index in [1.807, 2.05) is 34.6 Å². The molecule has 4 rings (SSSR count).